The van der Waals surface area contributed by atoms with E-state index in [1.165, 1.54) is 24.3 Å². The second kappa shape index (κ2) is 7.10. The van der Waals surface area contributed by atoms with Crippen LogP contribution < -0.4 is 10.2 Å². The molecule has 1 aliphatic heterocycles. The van der Waals surface area contributed by atoms with Gasteiger partial charge < -0.3 is 15.0 Å². The van der Waals surface area contributed by atoms with Crippen molar-refractivity contribution >= 4 is 33.2 Å². The maximum absolute atomic E-state index is 12.9. The summed E-state index contributed by atoms with van der Waals surface area (Å²) in [5, 5.41) is 2.81. The molecule has 1 amide bonds. The zero-order chi connectivity index (χ0) is 16.2. The SMILES string of the molecule is O=C(Nc1ccc(N2CCOCC2)c(Br)c1)c1ccc(F)cc1. The van der Waals surface area contributed by atoms with Crippen molar-refractivity contribution in [1.29, 1.82) is 0 Å². The van der Waals surface area contributed by atoms with E-state index in [-0.39, 0.29) is 11.7 Å². The molecular formula is C17H16BrFN2O2. The maximum Gasteiger partial charge on any atom is 0.255 e. The van der Waals surface area contributed by atoms with Gasteiger partial charge in [0.25, 0.3) is 5.91 Å². The Labute approximate surface area is 142 Å². The second-order valence-corrected chi connectivity index (χ2v) is 6.08. The average molecular weight is 379 g/mol. The van der Waals surface area contributed by atoms with E-state index in [1.54, 1.807) is 0 Å². The van der Waals surface area contributed by atoms with Crippen LogP contribution in [0, 0.1) is 5.82 Å². The number of carbonyl (C=O) groups is 1. The Kier molecular flexibility index (Phi) is 4.93. The van der Waals surface area contributed by atoms with Crippen molar-refractivity contribution in [2.75, 3.05) is 36.5 Å². The normalized spacial score (nSPS) is 14.6. The molecule has 0 radical (unpaired) electrons. The Morgan fingerprint density at radius 3 is 2.48 bits per heavy atom. The third-order valence-electron chi connectivity index (χ3n) is 3.66. The van der Waals surface area contributed by atoms with Gasteiger partial charge in [0.05, 0.1) is 18.9 Å². The van der Waals surface area contributed by atoms with E-state index >= 15 is 0 Å². The van der Waals surface area contributed by atoms with Crippen LogP contribution in [0.5, 0.6) is 0 Å². The molecule has 0 unspecified atom stereocenters. The molecule has 0 aliphatic carbocycles. The van der Waals surface area contributed by atoms with Crippen LogP contribution in [-0.2, 0) is 4.74 Å². The van der Waals surface area contributed by atoms with Gasteiger partial charge in [-0.05, 0) is 58.4 Å². The number of anilines is 2. The number of carbonyl (C=O) groups excluding carboxylic acids is 1. The first-order chi connectivity index (χ1) is 11.1. The number of hydrogen-bond acceptors (Lipinski definition) is 3. The van der Waals surface area contributed by atoms with Crippen molar-refractivity contribution in [2.24, 2.45) is 0 Å². The van der Waals surface area contributed by atoms with Crippen LogP contribution in [0.1, 0.15) is 10.4 Å². The van der Waals surface area contributed by atoms with Gasteiger partial charge in [-0.3, -0.25) is 4.79 Å². The third kappa shape index (κ3) is 3.89. The van der Waals surface area contributed by atoms with Gasteiger partial charge in [0, 0.05) is 28.8 Å². The van der Waals surface area contributed by atoms with Gasteiger partial charge in [0.1, 0.15) is 5.82 Å². The summed E-state index contributed by atoms with van der Waals surface area (Å²) in [7, 11) is 0. The minimum absolute atomic E-state index is 0.268. The molecule has 0 spiro atoms. The van der Waals surface area contributed by atoms with Crippen molar-refractivity contribution in [3.05, 3.63) is 58.3 Å². The van der Waals surface area contributed by atoms with Gasteiger partial charge in [-0.2, -0.15) is 0 Å². The van der Waals surface area contributed by atoms with Crippen LogP contribution in [-0.4, -0.2) is 32.2 Å². The zero-order valence-electron chi connectivity index (χ0n) is 12.4. The van der Waals surface area contributed by atoms with Crippen LogP contribution in [0.4, 0.5) is 15.8 Å². The molecule has 2 aromatic rings. The van der Waals surface area contributed by atoms with E-state index in [0.717, 1.165) is 36.5 Å². The first-order valence-electron chi connectivity index (χ1n) is 7.32. The average Bonchev–Trinajstić information content (AvgIpc) is 2.56. The highest BCUT2D eigenvalue weighted by Crippen LogP contribution is 2.30. The Hall–Kier alpha value is -1.92. The maximum atomic E-state index is 12.9. The number of hydrogen-bond donors (Lipinski definition) is 1. The Bertz CT molecular complexity index is 700. The highest BCUT2D eigenvalue weighted by atomic mass is 79.9. The zero-order valence-corrected chi connectivity index (χ0v) is 14.0. The fourth-order valence-corrected chi connectivity index (χ4v) is 3.08. The summed E-state index contributed by atoms with van der Waals surface area (Å²) < 4.78 is 19.2. The van der Waals surface area contributed by atoms with E-state index < -0.39 is 0 Å². The molecule has 0 aromatic heterocycles. The number of rotatable bonds is 3. The van der Waals surface area contributed by atoms with Crippen molar-refractivity contribution < 1.29 is 13.9 Å². The highest BCUT2D eigenvalue weighted by Gasteiger charge is 2.15. The van der Waals surface area contributed by atoms with Gasteiger partial charge in [0.2, 0.25) is 0 Å². The lowest BCUT2D eigenvalue weighted by atomic mass is 10.2. The monoisotopic (exact) mass is 378 g/mol. The summed E-state index contributed by atoms with van der Waals surface area (Å²) in [5.41, 5.74) is 2.18. The van der Waals surface area contributed by atoms with Gasteiger partial charge >= 0.3 is 0 Å². The number of halogens is 2. The molecule has 1 N–H and O–H groups in total. The molecule has 120 valence electrons. The van der Waals surface area contributed by atoms with Crippen molar-refractivity contribution in [3.63, 3.8) is 0 Å². The summed E-state index contributed by atoms with van der Waals surface area (Å²) in [6, 6.07) is 11.2. The van der Waals surface area contributed by atoms with E-state index in [0.29, 0.717) is 11.3 Å². The first-order valence-corrected chi connectivity index (χ1v) is 8.12. The van der Waals surface area contributed by atoms with Crippen molar-refractivity contribution in [2.45, 2.75) is 0 Å². The number of morpholine rings is 1. The molecule has 3 rings (SSSR count). The second-order valence-electron chi connectivity index (χ2n) is 5.23. The summed E-state index contributed by atoms with van der Waals surface area (Å²) in [4.78, 5) is 14.4. The van der Waals surface area contributed by atoms with E-state index in [2.05, 4.69) is 26.1 Å². The third-order valence-corrected chi connectivity index (χ3v) is 4.30. The molecule has 1 aliphatic rings. The number of ether oxygens (including phenoxy) is 1. The predicted molar refractivity (Wildman–Crippen MR) is 91.5 cm³/mol. The van der Waals surface area contributed by atoms with Gasteiger partial charge in [-0.25, -0.2) is 4.39 Å². The lowest BCUT2D eigenvalue weighted by Crippen LogP contribution is -2.36. The topological polar surface area (TPSA) is 41.6 Å². The largest absolute Gasteiger partial charge is 0.378 e. The molecule has 0 atom stereocenters. The molecule has 1 saturated heterocycles. The van der Waals surface area contributed by atoms with Crippen LogP contribution in [0.15, 0.2) is 46.9 Å². The first kappa shape index (κ1) is 16.0. The molecule has 0 saturated carbocycles. The molecule has 1 fully saturated rings. The lowest BCUT2D eigenvalue weighted by molar-refractivity contribution is 0.102. The minimum Gasteiger partial charge on any atom is -0.378 e. The Morgan fingerprint density at radius 1 is 1.13 bits per heavy atom. The number of amides is 1. The van der Waals surface area contributed by atoms with Crippen LogP contribution in [0.3, 0.4) is 0 Å². The number of nitrogens with zero attached hydrogens (tertiary/aromatic N) is 1. The Morgan fingerprint density at radius 2 is 1.83 bits per heavy atom. The van der Waals surface area contributed by atoms with Crippen LogP contribution in [0.2, 0.25) is 0 Å². The van der Waals surface area contributed by atoms with Crippen LogP contribution >= 0.6 is 15.9 Å². The van der Waals surface area contributed by atoms with E-state index in [9.17, 15) is 9.18 Å². The van der Waals surface area contributed by atoms with Crippen molar-refractivity contribution in [3.8, 4) is 0 Å². The van der Waals surface area contributed by atoms with E-state index in [4.69, 9.17) is 4.74 Å². The van der Waals surface area contributed by atoms with E-state index in [1.807, 2.05) is 18.2 Å². The van der Waals surface area contributed by atoms with Crippen LogP contribution in [0.25, 0.3) is 0 Å². The quantitative estimate of drug-likeness (QED) is 0.885. The minimum atomic E-state index is -0.362. The molecule has 2 aromatic carbocycles. The summed E-state index contributed by atoms with van der Waals surface area (Å²) in [6.45, 7) is 3.13. The smallest absolute Gasteiger partial charge is 0.255 e. The lowest BCUT2D eigenvalue weighted by Gasteiger charge is -2.29. The highest BCUT2D eigenvalue weighted by molar-refractivity contribution is 9.10. The van der Waals surface area contributed by atoms with Gasteiger partial charge in [-0.15, -0.1) is 0 Å². The van der Waals surface area contributed by atoms with Gasteiger partial charge in [-0.1, -0.05) is 0 Å². The molecule has 1 heterocycles. The van der Waals surface area contributed by atoms with Crippen molar-refractivity contribution in [1.82, 2.24) is 0 Å². The predicted octanol–water partition coefficient (Wildman–Crippen LogP) is 3.68. The molecule has 23 heavy (non-hydrogen) atoms. The van der Waals surface area contributed by atoms with Gasteiger partial charge in [0.15, 0.2) is 0 Å². The molecular weight excluding hydrogens is 363 g/mol. The summed E-state index contributed by atoms with van der Waals surface area (Å²) >= 11 is 3.56. The molecule has 6 heteroatoms. The fourth-order valence-electron chi connectivity index (χ4n) is 2.45. The Balaban J connectivity index is 1.72. The standard InChI is InChI=1S/C17H16BrFN2O2/c18-15-11-14(5-6-16(15)21-7-9-23-10-8-21)20-17(22)12-1-3-13(19)4-2-12/h1-6,11H,7-10H2,(H,20,22). The summed E-state index contributed by atoms with van der Waals surface area (Å²) in [5.74, 6) is -0.629. The summed E-state index contributed by atoms with van der Waals surface area (Å²) in [6.07, 6.45) is 0. The molecule has 4 nitrogen and oxygen atoms in total. The molecule has 0 bridgehead atoms. The number of benzene rings is 2. The fraction of sp³-hybridized carbons (Fsp3) is 0.235. The number of nitrogens with one attached hydrogen (secondary N) is 1.